The van der Waals surface area contributed by atoms with Gasteiger partial charge in [-0.2, -0.15) is 0 Å². The van der Waals surface area contributed by atoms with Gasteiger partial charge in [-0.25, -0.2) is 0 Å². The maximum absolute atomic E-state index is 5.02. The van der Waals surface area contributed by atoms with Crippen molar-refractivity contribution in [2.45, 2.75) is 52.9 Å². The van der Waals surface area contributed by atoms with Crippen LogP contribution in [0, 0.1) is 11.8 Å². The van der Waals surface area contributed by atoms with Crippen LogP contribution in [0.15, 0.2) is 0 Å². The van der Waals surface area contributed by atoms with Crippen LogP contribution in [-0.4, -0.2) is 26.8 Å². The second-order valence-corrected chi connectivity index (χ2v) is 5.03. The molecule has 0 fully saturated rings. The van der Waals surface area contributed by atoms with Crippen LogP contribution in [0.3, 0.4) is 0 Å². The Morgan fingerprint density at radius 2 is 1.81 bits per heavy atom. The second kappa shape index (κ2) is 11.4. The van der Waals surface area contributed by atoms with Gasteiger partial charge in [0.05, 0.1) is 0 Å². The molecule has 16 heavy (non-hydrogen) atoms. The van der Waals surface area contributed by atoms with Gasteiger partial charge < -0.3 is 10.1 Å². The molecule has 0 radical (unpaired) electrons. The second-order valence-electron chi connectivity index (χ2n) is 5.03. The van der Waals surface area contributed by atoms with Gasteiger partial charge in [-0.3, -0.25) is 0 Å². The zero-order chi connectivity index (χ0) is 12.2. The lowest BCUT2D eigenvalue weighted by molar-refractivity contribution is 0.194. The standard InChI is InChI=1S/C14H31NO/c1-5-6-8-14(13(2)3)9-11-15-10-7-12-16-4/h13-15H,5-12H2,1-4H3. The van der Waals surface area contributed by atoms with Crippen molar-refractivity contribution >= 4 is 0 Å². The maximum Gasteiger partial charge on any atom is 0.0474 e. The van der Waals surface area contributed by atoms with Gasteiger partial charge in [-0.15, -0.1) is 0 Å². The molecule has 0 aliphatic rings. The van der Waals surface area contributed by atoms with Gasteiger partial charge in [0.2, 0.25) is 0 Å². The molecule has 0 aromatic rings. The summed E-state index contributed by atoms with van der Waals surface area (Å²) in [5.74, 6) is 1.72. The Morgan fingerprint density at radius 1 is 1.06 bits per heavy atom. The molecule has 0 aliphatic carbocycles. The SMILES string of the molecule is CCCCC(CCNCCCOC)C(C)C. The van der Waals surface area contributed by atoms with Crippen molar-refractivity contribution in [3.05, 3.63) is 0 Å². The van der Waals surface area contributed by atoms with Gasteiger partial charge in [0.1, 0.15) is 0 Å². The number of rotatable bonds is 11. The van der Waals surface area contributed by atoms with Gasteiger partial charge in [0, 0.05) is 13.7 Å². The van der Waals surface area contributed by atoms with Crippen LogP contribution in [0.25, 0.3) is 0 Å². The highest BCUT2D eigenvalue weighted by Gasteiger charge is 2.11. The Morgan fingerprint density at radius 3 is 2.38 bits per heavy atom. The molecule has 1 unspecified atom stereocenters. The topological polar surface area (TPSA) is 21.3 Å². The van der Waals surface area contributed by atoms with Crippen molar-refractivity contribution in [1.29, 1.82) is 0 Å². The molecule has 0 aliphatic heterocycles. The van der Waals surface area contributed by atoms with E-state index in [1.54, 1.807) is 7.11 Å². The number of ether oxygens (including phenoxy) is 1. The lowest BCUT2D eigenvalue weighted by Crippen LogP contribution is -2.22. The predicted molar refractivity (Wildman–Crippen MR) is 71.8 cm³/mol. The largest absolute Gasteiger partial charge is 0.385 e. The van der Waals surface area contributed by atoms with Crippen LogP contribution in [0.2, 0.25) is 0 Å². The Hall–Kier alpha value is -0.0800. The van der Waals surface area contributed by atoms with E-state index in [-0.39, 0.29) is 0 Å². The Balaban J connectivity index is 3.44. The molecule has 1 atom stereocenters. The average molecular weight is 229 g/mol. The first-order chi connectivity index (χ1) is 7.72. The van der Waals surface area contributed by atoms with E-state index in [0.29, 0.717) is 0 Å². The molecule has 0 bridgehead atoms. The van der Waals surface area contributed by atoms with Crippen molar-refractivity contribution < 1.29 is 4.74 Å². The first-order valence-corrected chi connectivity index (χ1v) is 6.92. The molecule has 0 saturated carbocycles. The predicted octanol–water partition coefficient (Wildman–Crippen LogP) is 3.47. The molecule has 0 aromatic heterocycles. The van der Waals surface area contributed by atoms with Crippen LogP contribution in [0.1, 0.15) is 52.9 Å². The first kappa shape index (κ1) is 15.9. The summed E-state index contributed by atoms with van der Waals surface area (Å²) in [4.78, 5) is 0. The summed E-state index contributed by atoms with van der Waals surface area (Å²) in [6.07, 6.45) is 6.55. The summed E-state index contributed by atoms with van der Waals surface area (Å²) < 4.78 is 5.02. The zero-order valence-corrected chi connectivity index (χ0v) is 11.7. The van der Waals surface area contributed by atoms with Crippen molar-refractivity contribution in [3.63, 3.8) is 0 Å². The van der Waals surface area contributed by atoms with Crippen LogP contribution in [0.5, 0.6) is 0 Å². The normalized spacial score (nSPS) is 13.3. The summed E-state index contributed by atoms with van der Waals surface area (Å²) in [5.41, 5.74) is 0. The molecule has 0 heterocycles. The van der Waals surface area contributed by atoms with E-state index in [1.165, 1.54) is 25.7 Å². The number of unbranched alkanes of at least 4 members (excludes halogenated alkanes) is 1. The van der Waals surface area contributed by atoms with Crippen molar-refractivity contribution in [1.82, 2.24) is 5.32 Å². The average Bonchev–Trinajstić information content (AvgIpc) is 2.26. The fourth-order valence-corrected chi connectivity index (χ4v) is 2.03. The third-order valence-corrected chi connectivity index (χ3v) is 3.27. The molecule has 0 amide bonds. The van der Waals surface area contributed by atoms with Crippen LogP contribution >= 0.6 is 0 Å². The van der Waals surface area contributed by atoms with E-state index < -0.39 is 0 Å². The maximum atomic E-state index is 5.02. The fraction of sp³-hybridized carbons (Fsp3) is 1.00. The first-order valence-electron chi connectivity index (χ1n) is 6.92. The molecule has 0 aromatic carbocycles. The van der Waals surface area contributed by atoms with Crippen molar-refractivity contribution in [3.8, 4) is 0 Å². The summed E-state index contributed by atoms with van der Waals surface area (Å²) in [6, 6.07) is 0. The summed E-state index contributed by atoms with van der Waals surface area (Å²) >= 11 is 0. The summed E-state index contributed by atoms with van der Waals surface area (Å²) in [5, 5.41) is 3.50. The zero-order valence-electron chi connectivity index (χ0n) is 11.7. The highest BCUT2D eigenvalue weighted by molar-refractivity contribution is 4.65. The summed E-state index contributed by atoms with van der Waals surface area (Å²) in [6.45, 7) is 10.1. The van der Waals surface area contributed by atoms with Crippen LogP contribution < -0.4 is 5.32 Å². The summed E-state index contributed by atoms with van der Waals surface area (Å²) in [7, 11) is 1.76. The highest BCUT2D eigenvalue weighted by Crippen LogP contribution is 2.21. The molecule has 0 rings (SSSR count). The van der Waals surface area contributed by atoms with Gasteiger partial charge in [-0.05, 0) is 37.8 Å². The smallest absolute Gasteiger partial charge is 0.0474 e. The quantitative estimate of drug-likeness (QED) is 0.548. The van der Waals surface area contributed by atoms with Crippen LogP contribution in [-0.2, 0) is 4.74 Å². The number of methoxy groups -OCH3 is 1. The van der Waals surface area contributed by atoms with E-state index in [9.17, 15) is 0 Å². The van der Waals surface area contributed by atoms with E-state index >= 15 is 0 Å². The van der Waals surface area contributed by atoms with Gasteiger partial charge >= 0.3 is 0 Å². The Kier molecular flexibility index (Phi) is 11.3. The monoisotopic (exact) mass is 229 g/mol. The Labute approximate surface area is 102 Å². The molecular weight excluding hydrogens is 198 g/mol. The Bertz CT molecular complexity index is 137. The molecule has 2 nitrogen and oxygen atoms in total. The fourth-order valence-electron chi connectivity index (χ4n) is 2.03. The van der Waals surface area contributed by atoms with E-state index in [4.69, 9.17) is 4.74 Å². The third-order valence-electron chi connectivity index (χ3n) is 3.27. The van der Waals surface area contributed by atoms with Crippen molar-refractivity contribution in [2.24, 2.45) is 11.8 Å². The van der Waals surface area contributed by atoms with E-state index in [1.807, 2.05) is 0 Å². The molecule has 0 spiro atoms. The number of hydrogen-bond acceptors (Lipinski definition) is 2. The molecule has 2 heteroatoms. The lowest BCUT2D eigenvalue weighted by Gasteiger charge is -2.20. The number of hydrogen-bond donors (Lipinski definition) is 1. The molecular formula is C14H31NO. The number of nitrogens with one attached hydrogen (secondary N) is 1. The third kappa shape index (κ3) is 9.17. The van der Waals surface area contributed by atoms with Gasteiger partial charge in [0.15, 0.2) is 0 Å². The van der Waals surface area contributed by atoms with Gasteiger partial charge in [0.25, 0.3) is 0 Å². The van der Waals surface area contributed by atoms with Crippen LogP contribution in [0.4, 0.5) is 0 Å². The molecule has 98 valence electrons. The van der Waals surface area contributed by atoms with E-state index in [2.05, 4.69) is 26.1 Å². The molecule has 1 N–H and O–H groups in total. The lowest BCUT2D eigenvalue weighted by atomic mass is 9.88. The molecule has 0 saturated heterocycles. The minimum Gasteiger partial charge on any atom is -0.385 e. The van der Waals surface area contributed by atoms with E-state index in [0.717, 1.165) is 38.0 Å². The van der Waals surface area contributed by atoms with Gasteiger partial charge in [-0.1, -0.05) is 40.0 Å². The minimum absolute atomic E-state index is 0.826. The minimum atomic E-state index is 0.826. The van der Waals surface area contributed by atoms with Crippen molar-refractivity contribution in [2.75, 3.05) is 26.8 Å². The highest BCUT2D eigenvalue weighted by atomic mass is 16.5.